The zero-order chi connectivity index (χ0) is 27.0. The molecule has 4 heterocycles. The zero-order valence-corrected chi connectivity index (χ0v) is 21.8. The van der Waals surface area contributed by atoms with Crippen molar-refractivity contribution in [2.75, 3.05) is 32.6 Å². The number of nitrogens with zero attached hydrogens (tertiary/aromatic N) is 4. The Balaban J connectivity index is 1.41. The number of aryl methyl sites for hydroxylation is 1. The lowest BCUT2D eigenvalue weighted by atomic mass is 9.96. The molecular formula is C29H29F2N5O2. The van der Waals surface area contributed by atoms with E-state index < -0.39 is 17.6 Å². The highest BCUT2D eigenvalue weighted by Crippen LogP contribution is 2.35. The molecule has 0 spiro atoms. The summed E-state index contributed by atoms with van der Waals surface area (Å²) in [5, 5.41) is 4.08. The molecule has 1 aromatic carbocycles. The maximum atomic E-state index is 14.8. The highest BCUT2D eigenvalue weighted by atomic mass is 19.1. The van der Waals surface area contributed by atoms with E-state index in [1.807, 2.05) is 50.8 Å². The minimum atomic E-state index is -0.772. The second-order valence-electron chi connectivity index (χ2n) is 9.36. The Labute approximate surface area is 219 Å². The molecule has 9 heteroatoms. The van der Waals surface area contributed by atoms with Gasteiger partial charge in [0.15, 0.2) is 0 Å². The van der Waals surface area contributed by atoms with Crippen molar-refractivity contribution in [3.8, 4) is 11.1 Å². The molecule has 0 radical (unpaired) electrons. The maximum absolute atomic E-state index is 14.8. The van der Waals surface area contributed by atoms with E-state index in [0.717, 1.165) is 45.8 Å². The van der Waals surface area contributed by atoms with Crippen LogP contribution in [0.5, 0.6) is 0 Å². The Hall–Kier alpha value is -4.11. The minimum absolute atomic E-state index is 0.0426. The maximum Gasteiger partial charge on any atom is 0.338 e. The van der Waals surface area contributed by atoms with Crippen molar-refractivity contribution in [3.63, 3.8) is 0 Å². The highest BCUT2D eigenvalue weighted by Gasteiger charge is 2.26. The monoisotopic (exact) mass is 517 g/mol. The topological polar surface area (TPSA) is 72.3 Å². The average molecular weight is 518 g/mol. The highest BCUT2D eigenvalue weighted by molar-refractivity contribution is 5.94. The summed E-state index contributed by atoms with van der Waals surface area (Å²) in [5.74, 6) is -1.49. The second-order valence-corrected chi connectivity index (χ2v) is 9.36. The fourth-order valence-electron chi connectivity index (χ4n) is 5.16. The number of carbonyl (C=O) groups is 1. The molecule has 4 aromatic rings. The van der Waals surface area contributed by atoms with Crippen LogP contribution in [0.3, 0.4) is 0 Å². The summed E-state index contributed by atoms with van der Waals surface area (Å²) in [5.41, 5.74) is 4.41. The fraction of sp³-hybridized carbons (Fsp3) is 0.276. The number of esters is 1. The van der Waals surface area contributed by atoms with Gasteiger partial charge in [-0.25, -0.2) is 23.5 Å². The first-order valence-electron chi connectivity index (χ1n) is 12.4. The number of hydrogen-bond donors (Lipinski definition) is 1. The summed E-state index contributed by atoms with van der Waals surface area (Å²) in [7, 11) is 5.02. The van der Waals surface area contributed by atoms with Gasteiger partial charge in [0.25, 0.3) is 0 Å². The summed E-state index contributed by atoms with van der Waals surface area (Å²) < 4.78 is 36.2. The zero-order valence-electron chi connectivity index (χ0n) is 21.8. The number of benzene rings is 1. The normalized spacial score (nSPS) is 14.8. The van der Waals surface area contributed by atoms with E-state index in [4.69, 9.17) is 0 Å². The largest absolute Gasteiger partial charge is 0.465 e. The molecule has 1 N–H and O–H groups in total. The molecule has 196 valence electrons. The van der Waals surface area contributed by atoms with Gasteiger partial charge in [-0.2, -0.15) is 0 Å². The number of ether oxygens (including phenoxy) is 1. The van der Waals surface area contributed by atoms with Crippen LogP contribution in [0.25, 0.3) is 27.7 Å². The van der Waals surface area contributed by atoms with Gasteiger partial charge in [0.2, 0.25) is 0 Å². The number of pyridine rings is 2. The van der Waals surface area contributed by atoms with Gasteiger partial charge < -0.3 is 14.6 Å². The summed E-state index contributed by atoms with van der Waals surface area (Å²) in [6.07, 6.45) is 6.00. The first-order valence-corrected chi connectivity index (χ1v) is 12.4. The summed E-state index contributed by atoms with van der Waals surface area (Å²) in [4.78, 5) is 23.0. The van der Waals surface area contributed by atoms with Crippen LogP contribution < -0.4 is 5.32 Å². The molecule has 38 heavy (non-hydrogen) atoms. The van der Waals surface area contributed by atoms with Crippen LogP contribution in [0.15, 0.2) is 54.9 Å². The van der Waals surface area contributed by atoms with Crippen LogP contribution in [0.4, 0.5) is 14.6 Å². The van der Waals surface area contributed by atoms with Crippen LogP contribution in [0, 0.1) is 11.6 Å². The van der Waals surface area contributed by atoms with Gasteiger partial charge in [0.1, 0.15) is 23.1 Å². The van der Waals surface area contributed by atoms with Gasteiger partial charge in [-0.1, -0.05) is 6.08 Å². The van der Waals surface area contributed by atoms with Crippen molar-refractivity contribution in [2.45, 2.75) is 19.4 Å². The number of aromatic nitrogens is 3. The first-order chi connectivity index (χ1) is 18.3. The molecule has 1 atom stereocenters. The summed E-state index contributed by atoms with van der Waals surface area (Å²) in [6, 6.07) is 10.2. The van der Waals surface area contributed by atoms with Crippen molar-refractivity contribution in [1.82, 2.24) is 19.4 Å². The molecule has 0 amide bonds. The molecule has 0 bridgehead atoms. The molecule has 5 rings (SSSR count). The standard InChI is InChI=1S/C29H29F2N5O2/c1-17(36-11-8-18(9-12-36)27-23(30)13-20(14-24(27)31)29(37)38-4)25-15-22-21(7-10-33-28(22)35(25)3)19-5-6-26(32-2)34-16-19/h5-8,10,13-17H,9,11-12H2,1-4H3,(H,32,34)/t17-/m0/s1. The van der Waals surface area contributed by atoms with E-state index in [-0.39, 0.29) is 17.2 Å². The van der Waals surface area contributed by atoms with E-state index in [2.05, 4.69) is 42.5 Å². The Kier molecular flexibility index (Phi) is 6.94. The molecule has 0 unspecified atom stereocenters. The number of methoxy groups -OCH3 is 1. The van der Waals surface area contributed by atoms with Crippen molar-refractivity contribution in [3.05, 3.63) is 83.3 Å². The van der Waals surface area contributed by atoms with Gasteiger partial charge in [-0.15, -0.1) is 0 Å². The number of hydrogen-bond acceptors (Lipinski definition) is 6. The van der Waals surface area contributed by atoms with Gasteiger partial charge in [0.05, 0.1) is 12.7 Å². The van der Waals surface area contributed by atoms with Gasteiger partial charge in [-0.3, -0.25) is 4.90 Å². The van der Waals surface area contributed by atoms with E-state index in [9.17, 15) is 13.6 Å². The van der Waals surface area contributed by atoms with Crippen LogP contribution in [0.1, 0.15) is 41.0 Å². The second kappa shape index (κ2) is 10.3. The molecule has 1 aliphatic heterocycles. The SMILES string of the molecule is CNc1ccc(-c2ccnc3c2cc([C@H](C)N2CC=C(c4c(F)cc(C(=O)OC)cc4F)CC2)n3C)cn1. The van der Waals surface area contributed by atoms with E-state index in [0.29, 0.717) is 25.1 Å². The number of fused-ring (bicyclic) bond motifs is 1. The Morgan fingerprint density at radius 1 is 1.13 bits per heavy atom. The third-order valence-electron chi connectivity index (χ3n) is 7.30. The predicted molar refractivity (Wildman–Crippen MR) is 144 cm³/mol. The minimum Gasteiger partial charge on any atom is -0.465 e. The lowest BCUT2D eigenvalue weighted by Gasteiger charge is -2.32. The van der Waals surface area contributed by atoms with Crippen LogP contribution in [-0.2, 0) is 11.8 Å². The van der Waals surface area contributed by atoms with Crippen molar-refractivity contribution in [1.29, 1.82) is 0 Å². The number of nitrogens with one attached hydrogen (secondary N) is 1. The van der Waals surface area contributed by atoms with Gasteiger partial charge >= 0.3 is 5.97 Å². The van der Waals surface area contributed by atoms with E-state index in [1.165, 1.54) is 7.11 Å². The number of rotatable bonds is 6. The third-order valence-corrected chi connectivity index (χ3v) is 7.30. The van der Waals surface area contributed by atoms with Crippen molar-refractivity contribution < 1.29 is 18.3 Å². The van der Waals surface area contributed by atoms with Crippen molar-refractivity contribution >= 4 is 28.4 Å². The smallest absolute Gasteiger partial charge is 0.338 e. The van der Waals surface area contributed by atoms with Crippen molar-refractivity contribution in [2.24, 2.45) is 7.05 Å². The predicted octanol–water partition coefficient (Wildman–Crippen LogP) is 5.59. The molecule has 0 fully saturated rings. The van der Waals surface area contributed by atoms with Crippen LogP contribution in [0.2, 0.25) is 0 Å². The first kappa shape index (κ1) is 25.5. The molecule has 7 nitrogen and oxygen atoms in total. The quantitative estimate of drug-likeness (QED) is 0.336. The van der Waals surface area contributed by atoms with Gasteiger partial charge in [0, 0.05) is 67.8 Å². The molecule has 0 aliphatic carbocycles. The number of carbonyl (C=O) groups excluding carboxylic acids is 1. The molecule has 0 saturated carbocycles. The Morgan fingerprint density at radius 3 is 2.50 bits per heavy atom. The Morgan fingerprint density at radius 2 is 1.89 bits per heavy atom. The van der Waals surface area contributed by atoms with E-state index in [1.54, 1.807) is 0 Å². The molecule has 1 aliphatic rings. The average Bonchev–Trinajstić information content (AvgIpc) is 3.28. The van der Waals surface area contributed by atoms with Crippen LogP contribution >= 0.6 is 0 Å². The molecular weight excluding hydrogens is 488 g/mol. The third kappa shape index (κ3) is 4.54. The molecule has 0 saturated heterocycles. The lowest BCUT2D eigenvalue weighted by molar-refractivity contribution is 0.0599. The van der Waals surface area contributed by atoms with Crippen LogP contribution in [-0.4, -0.2) is 52.7 Å². The lowest BCUT2D eigenvalue weighted by Crippen LogP contribution is -2.32. The molecule has 3 aromatic heterocycles. The number of halogens is 2. The number of anilines is 1. The fourth-order valence-corrected chi connectivity index (χ4v) is 5.16. The summed E-state index contributed by atoms with van der Waals surface area (Å²) in [6.45, 7) is 3.29. The summed E-state index contributed by atoms with van der Waals surface area (Å²) >= 11 is 0. The Bertz CT molecular complexity index is 1520. The van der Waals surface area contributed by atoms with Gasteiger partial charge in [-0.05, 0) is 60.9 Å². The van der Waals surface area contributed by atoms with E-state index >= 15 is 0 Å².